The molecule has 1 amide bonds. The van der Waals surface area contributed by atoms with Crippen LogP contribution in [0.15, 0.2) is 58.4 Å². The minimum atomic E-state index is -0.167. The van der Waals surface area contributed by atoms with Crippen LogP contribution in [-0.2, 0) is 4.79 Å². The molecule has 1 saturated heterocycles. The number of amides is 1. The molecule has 6 heteroatoms. The predicted molar refractivity (Wildman–Crippen MR) is 99.9 cm³/mol. The van der Waals surface area contributed by atoms with Crippen LogP contribution in [-0.4, -0.2) is 17.7 Å². The van der Waals surface area contributed by atoms with Gasteiger partial charge in [0, 0.05) is 0 Å². The molecule has 0 saturated carbocycles. The van der Waals surface area contributed by atoms with Crippen molar-refractivity contribution in [1.82, 2.24) is 5.32 Å². The fourth-order valence-electron chi connectivity index (χ4n) is 2.11. The van der Waals surface area contributed by atoms with Gasteiger partial charge in [-0.25, -0.2) is 4.99 Å². The molecule has 0 bridgehead atoms. The molecule has 2 aromatic rings. The van der Waals surface area contributed by atoms with E-state index in [0.717, 1.165) is 11.3 Å². The third-order valence-corrected chi connectivity index (χ3v) is 4.44. The number of thioether (sulfide) groups is 1. The Hall–Kier alpha value is -2.24. The molecule has 4 nitrogen and oxygen atoms in total. The smallest absolute Gasteiger partial charge is 0.264 e. The zero-order valence-corrected chi connectivity index (χ0v) is 14.5. The number of aliphatic imine (C=N–C) groups is 1. The largest absolute Gasteiger partial charge is 0.494 e. The Kier molecular flexibility index (Phi) is 5.23. The maximum Gasteiger partial charge on any atom is 0.264 e. The van der Waals surface area contributed by atoms with Crippen LogP contribution < -0.4 is 10.1 Å². The van der Waals surface area contributed by atoms with E-state index in [1.54, 1.807) is 12.1 Å². The number of hydrogen-bond acceptors (Lipinski definition) is 4. The summed E-state index contributed by atoms with van der Waals surface area (Å²) in [5, 5.41) is 3.82. The molecule has 0 atom stereocenters. The molecular formula is C18H15ClN2O2S. The molecule has 2 aromatic carbocycles. The second kappa shape index (κ2) is 7.55. The molecule has 24 heavy (non-hydrogen) atoms. The minimum absolute atomic E-state index is 0.167. The predicted octanol–water partition coefficient (Wildman–Crippen LogP) is 4.63. The molecule has 0 unspecified atom stereocenters. The van der Waals surface area contributed by atoms with Crippen LogP contribution in [0.5, 0.6) is 5.75 Å². The summed E-state index contributed by atoms with van der Waals surface area (Å²) in [5.41, 5.74) is 1.55. The first-order chi connectivity index (χ1) is 11.7. The second-order valence-electron chi connectivity index (χ2n) is 4.94. The number of hydrogen-bond donors (Lipinski definition) is 1. The van der Waals surface area contributed by atoms with Crippen LogP contribution in [0.3, 0.4) is 0 Å². The van der Waals surface area contributed by atoms with Crippen LogP contribution in [0, 0.1) is 0 Å². The van der Waals surface area contributed by atoms with Crippen molar-refractivity contribution < 1.29 is 9.53 Å². The maximum atomic E-state index is 12.1. The lowest BCUT2D eigenvalue weighted by Crippen LogP contribution is -2.19. The number of ether oxygens (including phenoxy) is 1. The molecule has 1 aliphatic rings. The Morgan fingerprint density at radius 3 is 2.67 bits per heavy atom. The second-order valence-corrected chi connectivity index (χ2v) is 6.37. The Morgan fingerprint density at radius 2 is 1.96 bits per heavy atom. The zero-order valence-electron chi connectivity index (χ0n) is 13.0. The minimum Gasteiger partial charge on any atom is -0.494 e. The number of carbonyl (C=O) groups excluding carboxylic acids is 1. The quantitative estimate of drug-likeness (QED) is 0.810. The van der Waals surface area contributed by atoms with Gasteiger partial charge < -0.3 is 10.1 Å². The highest BCUT2D eigenvalue weighted by Gasteiger charge is 2.23. The van der Waals surface area contributed by atoms with Gasteiger partial charge in [-0.1, -0.05) is 35.9 Å². The highest BCUT2D eigenvalue weighted by Crippen LogP contribution is 2.30. The van der Waals surface area contributed by atoms with Crippen molar-refractivity contribution in [3.8, 4) is 5.75 Å². The fourth-order valence-corrected chi connectivity index (χ4v) is 3.12. The number of rotatable bonds is 4. The third-order valence-electron chi connectivity index (χ3n) is 3.21. The lowest BCUT2D eigenvalue weighted by molar-refractivity contribution is -0.115. The number of amidine groups is 1. The lowest BCUT2D eigenvalue weighted by Gasteiger charge is -2.02. The molecule has 3 rings (SSSR count). The molecule has 1 aliphatic heterocycles. The van der Waals surface area contributed by atoms with Crippen molar-refractivity contribution in [1.29, 1.82) is 0 Å². The van der Waals surface area contributed by atoms with Crippen molar-refractivity contribution in [2.45, 2.75) is 6.92 Å². The summed E-state index contributed by atoms with van der Waals surface area (Å²) in [7, 11) is 0. The van der Waals surface area contributed by atoms with Gasteiger partial charge in [0.25, 0.3) is 5.91 Å². The van der Waals surface area contributed by atoms with E-state index in [1.807, 2.05) is 49.4 Å². The number of benzene rings is 2. The molecule has 1 N–H and O–H groups in total. The fraction of sp³-hybridized carbons (Fsp3) is 0.111. The Labute approximate surface area is 149 Å². The van der Waals surface area contributed by atoms with Crippen LogP contribution in [0.1, 0.15) is 12.5 Å². The average Bonchev–Trinajstić information content (AvgIpc) is 2.91. The molecule has 0 radical (unpaired) electrons. The van der Waals surface area contributed by atoms with E-state index in [1.165, 1.54) is 11.8 Å². The van der Waals surface area contributed by atoms with Crippen molar-refractivity contribution >= 4 is 46.2 Å². The van der Waals surface area contributed by atoms with E-state index < -0.39 is 0 Å². The summed E-state index contributed by atoms with van der Waals surface area (Å²) in [6, 6.07) is 14.8. The molecule has 122 valence electrons. The number of carbonyl (C=O) groups is 1. The standard InChI is InChI=1S/C18H15ClN2O2S/c1-2-23-13-9-7-12(8-10-13)11-16-17(22)21-18(24-16)20-15-6-4-3-5-14(15)19/h3-11H,2H2,1H3,(H,20,21,22)/b16-11+. The van der Waals surface area contributed by atoms with E-state index in [0.29, 0.717) is 27.4 Å². The number of nitrogens with zero attached hydrogens (tertiary/aromatic N) is 1. The lowest BCUT2D eigenvalue weighted by atomic mass is 10.2. The summed E-state index contributed by atoms with van der Waals surface area (Å²) in [6.45, 7) is 2.57. The first-order valence-electron chi connectivity index (χ1n) is 7.42. The van der Waals surface area contributed by atoms with Gasteiger partial charge in [-0.15, -0.1) is 0 Å². The summed E-state index contributed by atoms with van der Waals surface area (Å²) in [4.78, 5) is 17.1. The van der Waals surface area contributed by atoms with Crippen LogP contribution in [0.25, 0.3) is 6.08 Å². The van der Waals surface area contributed by atoms with Gasteiger partial charge in [0.2, 0.25) is 0 Å². The molecule has 1 fully saturated rings. The molecule has 1 heterocycles. The highest BCUT2D eigenvalue weighted by atomic mass is 35.5. The average molecular weight is 359 g/mol. The topological polar surface area (TPSA) is 50.7 Å². The van der Waals surface area contributed by atoms with Crippen LogP contribution in [0.4, 0.5) is 5.69 Å². The van der Waals surface area contributed by atoms with Gasteiger partial charge in [0.05, 0.1) is 22.2 Å². The monoisotopic (exact) mass is 358 g/mol. The maximum absolute atomic E-state index is 12.1. The first-order valence-corrected chi connectivity index (χ1v) is 8.62. The summed E-state index contributed by atoms with van der Waals surface area (Å²) >= 11 is 7.38. The number of halogens is 1. The van der Waals surface area contributed by atoms with Crippen molar-refractivity contribution in [2.24, 2.45) is 4.99 Å². The van der Waals surface area contributed by atoms with E-state index in [4.69, 9.17) is 16.3 Å². The SMILES string of the molecule is CCOc1ccc(/C=C2/SC(=Nc3ccccc3Cl)NC2=O)cc1. The van der Waals surface area contributed by atoms with E-state index in [-0.39, 0.29) is 5.91 Å². The summed E-state index contributed by atoms with van der Waals surface area (Å²) in [5.74, 6) is 0.642. The van der Waals surface area contributed by atoms with Crippen molar-refractivity contribution in [3.05, 3.63) is 64.0 Å². The zero-order chi connectivity index (χ0) is 16.9. The number of nitrogens with one attached hydrogen (secondary N) is 1. The van der Waals surface area contributed by atoms with Crippen molar-refractivity contribution in [2.75, 3.05) is 6.61 Å². The first kappa shape index (κ1) is 16.6. The van der Waals surface area contributed by atoms with Crippen molar-refractivity contribution in [3.63, 3.8) is 0 Å². The van der Waals surface area contributed by atoms with Gasteiger partial charge >= 0.3 is 0 Å². The number of para-hydroxylation sites is 1. The van der Waals surface area contributed by atoms with Gasteiger partial charge in [-0.2, -0.15) is 0 Å². The van der Waals surface area contributed by atoms with Crippen LogP contribution >= 0.6 is 23.4 Å². The van der Waals surface area contributed by atoms with Gasteiger partial charge in [0.1, 0.15) is 5.75 Å². The van der Waals surface area contributed by atoms with E-state index in [9.17, 15) is 4.79 Å². The Bertz CT molecular complexity index is 816. The Balaban J connectivity index is 1.78. The summed E-state index contributed by atoms with van der Waals surface area (Å²) < 4.78 is 5.41. The summed E-state index contributed by atoms with van der Waals surface area (Å²) in [6.07, 6.45) is 1.82. The third kappa shape index (κ3) is 3.99. The Morgan fingerprint density at radius 1 is 1.21 bits per heavy atom. The molecule has 0 spiro atoms. The van der Waals surface area contributed by atoms with Gasteiger partial charge in [0.15, 0.2) is 5.17 Å². The van der Waals surface area contributed by atoms with Crippen LogP contribution in [0.2, 0.25) is 5.02 Å². The molecule has 0 aliphatic carbocycles. The highest BCUT2D eigenvalue weighted by molar-refractivity contribution is 8.18. The molecular weight excluding hydrogens is 344 g/mol. The van der Waals surface area contributed by atoms with Gasteiger partial charge in [-0.05, 0) is 54.6 Å². The van der Waals surface area contributed by atoms with E-state index in [2.05, 4.69) is 10.3 Å². The normalized spacial score (nSPS) is 17.3. The van der Waals surface area contributed by atoms with E-state index >= 15 is 0 Å². The molecule has 0 aromatic heterocycles. The van der Waals surface area contributed by atoms with Gasteiger partial charge in [-0.3, -0.25) is 4.79 Å².